The quantitative estimate of drug-likeness (QED) is 0.846. The first kappa shape index (κ1) is 15.5. The minimum atomic E-state index is -0.284. The highest BCUT2D eigenvalue weighted by Crippen LogP contribution is 2.38. The topological polar surface area (TPSA) is 55.4 Å². The Morgan fingerprint density at radius 1 is 1.38 bits per heavy atom. The number of ether oxygens (including phenoxy) is 1. The zero-order valence-electron chi connectivity index (χ0n) is 13.1. The van der Waals surface area contributed by atoms with Crippen LogP contribution in [0.25, 0.3) is 0 Å². The van der Waals surface area contributed by atoms with Crippen LogP contribution < -0.4 is 5.32 Å². The Hall–Kier alpha value is -1.84. The van der Waals surface area contributed by atoms with Crippen molar-refractivity contribution in [2.24, 2.45) is 11.8 Å². The summed E-state index contributed by atoms with van der Waals surface area (Å²) in [6.07, 6.45) is 0.871. The van der Waals surface area contributed by atoms with Gasteiger partial charge >= 0.3 is 5.97 Å². The Morgan fingerprint density at radius 3 is 2.62 bits per heavy atom. The van der Waals surface area contributed by atoms with E-state index in [9.17, 15) is 9.59 Å². The third kappa shape index (κ3) is 3.84. The predicted molar refractivity (Wildman–Crippen MR) is 82.1 cm³/mol. The van der Waals surface area contributed by atoms with E-state index in [0.717, 1.165) is 23.2 Å². The molecule has 1 aromatic rings. The second-order valence-corrected chi connectivity index (χ2v) is 6.17. The average molecular weight is 289 g/mol. The summed E-state index contributed by atoms with van der Waals surface area (Å²) in [5.74, 6) is 0.154. The Balaban J connectivity index is 1.95. The van der Waals surface area contributed by atoms with Crippen LogP contribution in [0.2, 0.25) is 0 Å². The van der Waals surface area contributed by atoms with Crippen LogP contribution in [0.1, 0.15) is 44.2 Å². The van der Waals surface area contributed by atoms with Crippen LogP contribution in [0.5, 0.6) is 0 Å². The molecular weight excluding hydrogens is 266 g/mol. The van der Waals surface area contributed by atoms with Gasteiger partial charge in [-0.15, -0.1) is 0 Å². The smallest absolute Gasteiger partial charge is 0.309 e. The summed E-state index contributed by atoms with van der Waals surface area (Å²) in [6.45, 7) is 7.92. The number of para-hydroxylation sites is 1. The molecule has 4 nitrogen and oxygen atoms in total. The fourth-order valence-corrected chi connectivity index (χ4v) is 2.41. The largest absolute Gasteiger partial charge is 0.455 e. The van der Waals surface area contributed by atoms with E-state index in [2.05, 4.69) is 19.2 Å². The van der Waals surface area contributed by atoms with E-state index in [-0.39, 0.29) is 24.4 Å². The van der Waals surface area contributed by atoms with Gasteiger partial charge in [-0.2, -0.15) is 0 Å². The first-order chi connectivity index (χ1) is 9.90. The van der Waals surface area contributed by atoms with Crippen molar-refractivity contribution in [1.29, 1.82) is 0 Å². The number of carbonyl (C=O) groups is 2. The number of nitrogens with one attached hydrogen (secondary N) is 1. The van der Waals surface area contributed by atoms with E-state index in [4.69, 9.17) is 4.74 Å². The van der Waals surface area contributed by atoms with Crippen molar-refractivity contribution >= 4 is 17.6 Å². The van der Waals surface area contributed by atoms with Crippen molar-refractivity contribution < 1.29 is 14.3 Å². The van der Waals surface area contributed by atoms with Gasteiger partial charge in [-0.1, -0.05) is 39.0 Å². The maximum atomic E-state index is 12.0. The SMILES string of the molecule is Cc1cccc(C(C)C)c1NC(=O)COC(=O)[C@H]1C[C@@H]1C. The number of hydrogen-bond acceptors (Lipinski definition) is 3. The summed E-state index contributed by atoms with van der Waals surface area (Å²) < 4.78 is 5.06. The number of hydrogen-bond donors (Lipinski definition) is 1. The Bertz CT molecular complexity index is 551. The van der Waals surface area contributed by atoms with Crippen LogP contribution in [-0.4, -0.2) is 18.5 Å². The van der Waals surface area contributed by atoms with Gasteiger partial charge in [-0.05, 0) is 36.3 Å². The molecule has 1 fully saturated rings. The van der Waals surface area contributed by atoms with E-state index in [1.165, 1.54) is 0 Å². The fourth-order valence-electron chi connectivity index (χ4n) is 2.41. The number of rotatable bonds is 5. The Labute approximate surface area is 125 Å². The van der Waals surface area contributed by atoms with Gasteiger partial charge in [-0.25, -0.2) is 0 Å². The van der Waals surface area contributed by atoms with Crippen LogP contribution in [0.3, 0.4) is 0 Å². The summed E-state index contributed by atoms with van der Waals surface area (Å²) in [5.41, 5.74) is 2.93. The molecule has 1 amide bonds. The lowest BCUT2D eigenvalue weighted by molar-refractivity contribution is -0.148. The van der Waals surface area contributed by atoms with Crippen molar-refractivity contribution in [1.82, 2.24) is 0 Å². The van der Waals surface area contributed by atoms with Gasteiger partial charge in [0, 0.05) is 5.69 Å². The lowest BCUT2D eigenvalue weighted by Gasteiger charge is -2.16. The van der Waals surface area contributed by atoms with Crippen LogP contribution in [0.15, 0.2) is 18.2 Å². The summed E-state index contributed by atoms with van der Waals surface area (Å²) in [7, 11) is 0. The van der Waals surface area contributed by atoms with Gasteiger partial charge in [-0.3, -0.25) is 9.59 Å². The maximum absolute atomic E-state index is 12.0. The molecule has 1 aliphatic carbocycles. The van der Waals surface area contributed by atoms with E-state index >= 15 is 0 Å². The lowest BCUT2D eigenvalue weighted by Crippen LogP contribution is -2.23. The molecule has 114 valence electrons. The molecule has 1 aromatic carbocycles. The maximum Gasteiger partial charge on any atom is 0.309 e. The number of aryl methyl sites for hydroxylation is 1. The zero-order valence-corrected chi connectivity index (χ0v) is 13.1. The standard InChI is InChI=1S/C17H23NO3/c1-10(2)13-7-5-6-11(3)16(13)18-15(19)9-21-17(20)14-8-12(14)4/h5-7,10,12,14H,8-9H2,1-4H3,(H,18,19)/t12-,14-/m0/s1. The number of amides is 1. The van der Waals surface area contributed by atoms with Crippen LogP contribution in [0, 0.1) is 18.8 Å². The summed E-state index contributed by atoms with van der Waals surface area (Å²) in [5, 5.41) is 2.87. The highest BCUT2D eigenvalue weighted by molar-refractivity contribution is 5.94. The molecule has 0 radical (unpaired) electrons. The first-order valence-corrected chi connectivity index (χ1v) is 7.46. The normalized spacial score (nSPS) is 20.2. The molecule has 1 saturated carbocycles. The Morgan fingerprint density at radius 2 is 2.05 bits per heavy atom. The summed E-state index contributed by atoms with van der Waals surface area (Å²) in [6, 6.07) is 5.94. The van der Waals surface area contributed by atoms with Gasteiger partial charge in [0.1, 0.15) is 0 Å². The number of anilines is 1. The Kier molecular flexibility index (Phi) is 4.66. The van der Waals surface area contributed by atoms with Gasteiger partial charge in [0.25, 0.3) is 5.91 Å². The summed E-state index contributed by atoms with van der Waals surface area (Å²) in [4.78, 5) is 23.6. The molecule has 2 atom stereocenters. The molecule has 4 heteroatoms. The molecule has 0 spiro atoms. The summed E-state index contributed by atoms with van der Waals surface area (Å²) >= 11 is 0. The molecule has 21 heavy (non-hydrogen) atoms. The zero-order chi connectivity index (χ0) is 15.6. The van der Waals surface area contributed by atoms with Crippen molar-refractivity contribution in [2.75, 3.05) is 11.9 Å². The van der Waals surface area contributed by atoms with Crippen LogP contribution in [0.4, 0.5) is 5.69 Å². The number of benzene rings is 1. The van der Waals surface area contributed by atoms with Crippen molar-refractivity contribution in [3.05, 3.63) is 29.3 Å². The molecule has 2 rings (SSSR count). The minimum Gasteiger partial charge on any atom is -0.455 e. The van der Waals surface area contributed by atoms with E-state index in [0.29, 0.717) is 11.8 Å². The molecule has 0 aromatic heterocycles. The van der Waals surface area contributed by atoms with Gasteiger partial charge in [0.05, 0.1) is 5.92 Å². The van der Waals surface area contributed by atoms with Crippen molar-refractivity contribution in [2.45, 2.75) is 40.0 Å². The predicted octanol–water partition coefficient (Wildman–Crippen LogP) is 3.26. The molecule has 0 unspecified atom stereocenters. The van der Waals surface area contributed by atoms with E-state index < -0.39 is 0 Å². The molecule has 0 saturated heterocycles. The highest BCUT2D eigenvalue weighted by Gasteiger charge is 2.40. The van der Waals surface area contributed by atoms with E-state index in [1.54, 1.807) is 0 Å². The van der Waals surface area contributed by atoms with Crippen molar-refractivity contribution in [3.63, 3.8) is 0 Å². The monoisotopic (exact) mass is 289 g/mol. The lowest BCUT2D eigenvalue weighted by atomic mass is 9.98. The van der Waals surface area contributed by atoms with Gasteiger partial charge in [0.2, 0.25) is 0 Å². The number of esters is 1. The molecule has 1 N–H and O–H groups in total. The molecule has 0 aliphatic heterocycles. The first-order valence-electron chi connectivity index (χ1n) is 7.46. The van der Waals surface area contributed by atoms with Crippen molar-refractivity contribution in [3.8, 4) is 0 Å². The van der Waals surface area contributed by atoms with Gasteiger partial charge in [0.15, 0.2) is 6.61 Å². The number of carbonyl (C=O) groups excluding carboxylic acids is 2. The van der Waals surface area contributed by atoms with E-state index in [1.807, 2.05) is 32.0 Å². The molecule has 1 aliphatic rings. The highest BCUT2D eigenvalue weighted by atomic mass is 16.5. The van der Waals surface area contributed by atoms with Crippen LogP contribution >= 0.6 is 0 Å². The second kappa shape index (κ2) is 6.29. The molecular formula is C17H23NO3. The van der Waals surface area contributed by atoms with Crippen LogP contribution in [-0.2, 0) is 14.3 Å². The minimum absolute atomic E-state index is 0.0116. The average Bonchev–Trinajstić information content (AvgIpc) is 3.15. The second-order valence-electron chi connectivity index (χ2n) is 6.17. The molecule has 0 bridgehead atoms. The molecule has 0 heterocycles. The van der Waals surface area contributed by atoms with Gasteiger partial charge < -0.3 is 10.1 Å². The third-order valence-electron chi connectivity index (χ3n) is 3.95. The third-order valence-corrected chi connectivity index (χ3v) is 3.95. The fraction of sp³-hybridized carbons (Fsp3) is 0.529.